The van der Waals surface area contributed by atoms with Crippen molar-refractivity contribution in [2.45, 2.75) is 20.8 Å². The highest BCUT2D eigenvalue weighted by Gasteiger charge is 2.14. The van der Waals surface area contributed by atoms with Crippen LogP contribution < -0.4 is 5.32 Å². The minimum absolute atomic E-state index is 0.168. The maximum absolute atomic E-state index is 12.5. The SMILES string of the molecule is Cc1ccc2nc(-c3ccc(NC(=O)c4cn(C)nc4C)c(C)c3)ncc2c1. The predicted octanol–water partition coefficient (Wildman–Crippen LogP) is 4.21. The molecule has 28 heavy (non-hydrogen) atoms. The van der Waals surface area contributed by atoms with Gasteiger partial charge in [0.1, 0.15) is 0 Å². The monoisotopic (exact) mass is 371 g/mol. The van der Waals surface area contributed by atoms with E-state index in [-0.39, 0.29) is 5.91 Å². The van der Waals surface area contributed by atoms with Crippen LogP contribution in [0.5, 0.6) is 0 Å². The van der Waals surface area contributed by atoms with Crippen LogP contribution in [0.15, 0.2) is 48.8 Å². The Kier molecular flexibility index (Phi) is 4.39. The molecule has 2 aromatic carbocycles. The summed E-state index contributed by atoms with van der Waals surface area (Å²) in [5.74, 6) is 0.499. The van der Waals surface area contributed by atoms with E-state index in [0.29, 0.717) is 17.1 Å². The summed E-state index contributed by atoms with van der Waals surface area (Å²) in [7, 11) is 1.80. The van der Waals surface area contributed by atoms with Crippen molar-refractivity contribution in [1.82, 2.24) is 19.7 Å². The van der Waals surface area contributed by atoms with Crippen molar-refractivity contribution in [3.63, 3.8) is 0 Å². The van der Waals surface area contributed by atoms with Crippen molar-refractivity contribution < 1.29 is 4.79 Å². The number of nitrogens with zero attached hydrogens (tertiary/aromatic N) is 4. The largest absolute Gasteiger partial charge is 0.322 e. The average Bonchev–Trinajstić information content (AvgIpc) is 3.01. The molecular formula is C22H21N5O. The fraction of sp³-hybridized carbons (Fsp3) is 0.182. The van der Waals surface area contributed by atoms with Crippen LogP contribution in [0.2, 0.25) is 0 Å². The summed E-state index contributed by atoms with van der Waals surface area (Å²) in [5, 5.41) is 8.21. The number of anilines is 1. The van der Waals surface area contributed by atoms with Crippen LogP contribution in [0.3, 0.4) is 0 Å². The molecule has 0 saturated heterocycles. The quantitative estimate of drug-likeness (QED) is 0.585. The van der Waals surface area contributed by atoms with E-state index in [1.807, 2.05) is 50.4 Å². The van der Waals surface area contributed by atoms with Gasteiger partial charge in [0.15, 0.2) is 5.82 Å². The van der Waals surface area contributed by atoms with Crippen molar-refractivity contribution in [2.24, 2.45) is 7.05 Å². The molecule has 1 amide bonds. The average molecular weight is 371 g/mol. The summed E-state index contributed by atoms with van der Waals surface area (Å²) in [6.45, 7) is 5.83. The molecule has 2 heterocycles. The molecule has 0 radical (unpaired) electrons. The molecule has 0 saturated carbocycles. The number of carbonyl (C=O) groups excluding carboxylic acids is 1. The van der Waals surface area contributed by atoms with E-state index in [9.17, 15) is 4.79 Å². The lowest BCUT2D eigenvalue weighted by Gasteiger charge is -2.10. The number of aryl methyl sites for hydroxylation is 4. The summed E-state index contributed by atoms with van der Waals surface area (Å²) in [6.07, 6.45) is 3.57. The second kappa shape index (κ2) is 6.88. The Balaban J connectivity index is 1.62. The van der Waals surface area contributed by atoms with Gasteiger partial charge in [0, 0.05) is 36.1 Å². The highest BCUT2D eigenvalue weighted by atomic mass is 16.1. The number of fused-ring (bicyclic) bond motifs is 1. The van der Waals surface area contributed by atoms with Crippen LogP contribution in [-0.4, -0.2) is 25.7 Å². The lowest BCUT2D eigenvalue weighted by molar-refractivity contribution is 0.102. The van der Waals surface area contributed by atoms with E-state index in [2.05, 4.69) is 33.4 Å². The molecule has 0 atom stereocenters. The zero-order chi connectivity index (χ0) is 19.8. The van der Waals surface area contributed by atoms with Gasteiger partial charge >= 0.3 is 0 Å². The summed E-state index contributed by atoms with van der Waals surface area (Å²) in [4.78, 5) is 21.7. The molecule has 6 heteroatoms. The number of benzene rings is 2. The number of aromatic nitrogens is 4. The van der Waals surface area contributed by atoms with Gasteiger partial charge in [0.2, 0.25) is 0 Å². The highest BCUT2D eigenvalue weighted by molar-refractivity contribution is 6.05. The van der Waals surface area contributed by atoms with Gasteiger partial charge in [-0.1, -0.05) is 11.6 Å². The van der Waals surface area contributed by atoms with Crippen molar-refractivity contribution in [2.75, 3.05) is 5.32 Å². The van der Waals surface area contributed by atoms with E-state index in [0.717, 1.165) is 27.7 Å². The minimum Gasteiger partial charge on any atom is -0.322 e. The number of amides is 1. The van der Waals surface area contributed by atoms with Gasteiger partial charge in [0.05, 0.1) is 16.8 Å². The van der Waals surface area contributed by atoms with Gasteiger partial charge in [-0.2, -0.15) is 5.10 Å². The first-order valence-electron chi connectivity index (χ1n) is 9.07. The van der Waals surface area contributed by atoms with Gasteiger partial charge in [-0.3, -0.25) is 9.48 Å². The second-order valence-electron chi connectivity index (χ2n) is 7.04. The van der Waals surface area contributed by atoms with Gasteiger partial charge in [0.25, 0.3) is 5.91 Å². The maximum Gasteiger partial charge on any atom is 0.259 e. The normalized spacial score (nSPS) is 11.0. The fourth-order valence-corrected chi connectivity index (χ4v) is 3.25. The Morgan fingerprint density at radius 2 is 1.89 bits per heavy atom. The molecule has 0 bridgehead atoms. The number of carbonyl (C=O) groups is 1. The number of rotatable bonds is 3. The standard InChI is InChI=1S/C22H21N5O/c1-13-5-7-20-17(9-13)11-23-21(24-20)16-6-8-19(14(2)10-16)25-22(28)18-12-27(4)26-15(18)3/h5-12H,1-4H3,(H,25,28). The first-order chi connectivity index (χ1) is 13.4. The Bertz CT molecular complexity index is 1210. The van der Waals surface area contributed by atoms with Gasteiger partial charge in [-0.15, -0.1) is 0 Å². The van der Waals surface area contributed by atoms with Crippen LogP contribution in [0.4, 0.5) is 5.69 Å². The molecule has 140 valence electrons. The molecule has 0 fully saturated rings. The third-order valence-electron chi connectivity index (χ3n) is 4.73. The molecule has 6 nitrogen and oxygen atoms in total. The molecule has 4 rings (SSSR count). The van der Waals surface area contributed by atoms with Crippen LogP contribution in [-0.2, 0) is 7.05 Å². The number of hydrogen-bond acceptors (Lipinski definition) is 4. The summed E-state index contributed by atoms with van der Waals surface area (Å²) < 4.78 is 1.64. The summed E-state index contributed by atoms with van der Waals surface area (Å²) >= 11 is 0. The number of hydrogen-bond donors (Lipinski definition) is 1. The smallest absolute Gasteiger partial charge is 0.259 e. The second-order valence-corrected chi connectivity index (χ2v) is 7.04. The van der Waals surface area contributed by atoms with Crippen LogP contribution in [0.1, 0.15) is 27.2 Å². The van der Waals surface area contributed by atoms with E-state index in [1.54, 1.807) is 17.9 Å². The van der Waals surface area contributed by atoms with Gasteiger partial charge in [-0.05, 0) is 56.7 Å². The van der Waals surface area contributed by atoms with E-state index >= 15 is 0 Å². The topological polar surface area (TPSA) is 72.7 Å². The van der Waals surface area contributed by atoms with Crippen LogP contribution in [0.25, 0.3) is 22.3 Å². The molecule has 0 aliphatic rings. The van der Waals surface area contributed by atoms with Gasteiger partial charge < -0.3 is 5.32 Å². The molecule has 0 spiro atoms. The molecule has 0 aliphatic carbocycles. The van der Waals surface area contributed by atoms with Crippen molar-refractivity contribution in [3.8, 4) is 11.4 Å². The Labute approximate surface area is 163 Å². The van der Waals surface area contributed by atoms with Crippen molar-refractivity contribution in [1.29, 1.82) is 0 Å². The molecule has 4 aromatic rings. The highest BCUT2D eigenvalue weighted by Crippen LogP contribution is 2.24. The summed E-state index contributed by atoms with van der Waals surface area (Å²) in [5.41, 5.74) is 5.98. The first-order valence-corrected chi connectivity index (χ1v) is 9.07. The lowest BCUT2D eigenvalue weighted by Crippen LogP contribution is -2.13. The Hall–Kier alpha value is -3.54. The Morgan fingerprint density at radius 3 is 2.61 bits per heavy atom. The van der Waals surface area contributed by atoms with E-state index < -0.39 is 0 Å². The minimum atomic E-state index is -0.168. The maximum atomic E-state index is 12.5. The van der Waals surface area contributed by atoms with Crippen molar-refractivity contribution >= 4 is 22.5 Å². The molecule has 2 aromatic heterocycles. The first kappa shape index (κ1) is 17.9. The van der Waals surface area contributed by atoms with Crippen molar-refractivity contribution in [3.05, 3.63) is 71.2 Å². The van der Waals surface area contributed by atoms with Crippen LogP contribution in [0, 0.1) is 20.8 Å². The fourth-order valence-electron chi connectivity index (χ4n) is 3.25. The summed E-state index contributed by atoms with van der Waals surface area (Å²) in [6, 6.07) is 11.9. The number of nitrogens with one attached hydrogen (secondary N) is 1. The third kappa shape index (κ3) is 3.36. The predicted molar refractivity (Wildman–Crippen MR) is 110 cm³/mol. The lowest BCUT2D eigenvalue weighted by atomic mass is 10.1. The zero-order valence-electron chi connectivity index (χ0n) is 16.3. The molecule has 0 aliphatic heterocycles. The Morgan fingerprint density at radius 1 is 1.07 bits per heavy atom. The van der Waals surface area contributed by atoms with E-state index in [4.69, 9.17) is 0 Å². The third-order valence-corrected chi connectivity index (χ3v) is 4.73. The molecule has 0 unspecified atom stereocenters. The molecule has 1 N–H and O–H groups in total. The molecular weight excluding hydrogens is 350 g/mol. The van der Waals surface area contributed by atoms with Crippen LogP contribution >= 0.6 is 0 Å². The van der Waals surface area contributed by atoms with E-state index in [1.165, 1.54) is 5.56 Å². The van der Waals surface area contributed by atoms with Gasteiger partial charge in [-0.25, -0.2) is 9.97 Å². The zero-order valence-corrected chi connectivity index (χ0v) is 16.3.